The molecule has 39 heavy (non-hydrogen) atoms. The Morgan fingerprint density at radius 3 is 2.31 bits per heavy atom. The van der Waals surface area contributed by atoms with E-state index in [1.54, 1.807) is 6.07 Å². The number of nitrogens with zero attached hydrogens (tertiary/aromatic N) is 1. The zero-order valence-corrected chi connectivity index (χ0v) is 23.3. The van der Waals surface area contributed by atoms with E-state index in [1.807, 2.05) is 19.9 Å². The monoisotopic (exact) mass is 543 g/mol. The topological polar surface area (TPSA) is 115 Å². The van der Waals surface area contributed by atoms with E-state index in [2.05, 4.69) is 15.5 Å². The predicted octanol–water partition coefficient (Wildman–Crippen LogP) is 3.28. The standard InChI is InChI=1S/C29H41N3O7/c1-4-37-24-12-23(32-6-8-36-9-7-32)25(38-5-2)11-22(24)30-26(34)17-39-27(35)28-13-20-10-21(14-28)16-29(15-20,18-28)31-19(3)33/h11-12,20-21H,4-10,13-18H2,1-3H3,(H,30,34)(H,31,33). The molecule has 10 nitrogen and oxygen atoms in total. The molecule has 0 radical (unpaired) electrons. The van der Waals surface area contributed by atoms with Crippen LogP contribution in [-0.2, 0) is 23.9 Å². The molecule has 2 atom stereocenters. The SMILES string of the molecule is CCOc1cc(N2CCOCC2)c(OCC)cc1NC(=O)COC(=O)C12CC3CC(CC(NC(C)=O)(C3)C1)C2. The molecular weight excluding hydrogens is 502 g/mol. The minimum Gasteiger partial charge on any atom is -0.492 e. The van der Waals surface area contributed by atoms with Gasteiger partial charge in [-0.25, -0.2) is 0 Å². The van der Waals surface area contributed by atoms with Crippen molar-refractivity contribution >= 4 is 29.2 Å². The summed E-state index contributed by atoms with van der Waals surface area (Å²) in [6.07, 6.45) is 5.05. The molecule has 1 saturated heterocycles. The van der Waals surface area contributed by atoms with Gasteiger partial charge < -0.3 is 34.5 Å². The van der Waals surface area contributed by atoms with Crippen LogP contribution < -0.4 is 25.0 Å². The normalized spacial score (nSPS) is 29.1. The zero-order valence-electron chi connectivity index (χ0n) is 23.3. The van der Waals surface area contributed by atoms with Gasteiger partial charge in [0.05, 0.1) is 43.2 Å². The molecule has 2 amide bonds. The molecule has 214 valence electrons. The molecule has 2 unspecified atom stereocenters. The van der Waals surface area contributed by atoms with Gasteiger partial charge in [-0.3, -0.25) is 14.4 Å². The second-order valence-corrected chi connectivity index (χ2v) is 11.6. The maximum absolute atomic E-state index is 13.4. The number of ether oxygens (including phenoxy) is 4. The number of nitrogens with one attached hydrogen (secondary N) is 2. The first-order valence-electron chi connectivity index (χ1n) is 14.3. The van der Waals surface area contributed by atoms with Gasteiger partial charge in [0.1, 0.15) is 11.5 Å². The first-order chi connectivity index (χ1) is 18.7. The molecule has 4 bridgehead atoms. The highest BCUT2D eigenvalue weighted by Crippen LogP contribution is 2.62. The van der Waals surface area contributed by atoms with Crippen molar-refractivity contribution in [2.45, 2.75) is 64.8 Å². The Bertz CT molecular complexity index is 1090. The Hall–Kier alpha value is -3.01. The van der Waals surface area contributed by atoms with Gasteiger partial charge in [-0.2, -0.15) is 0 Å². The molecule has 5 fully saturated rings. The average Bonchev–Trinajstić information content (AvgIpc) is 2.88. The van der Waals surface area contributed by atoms with E-state index in [4.69, 9.17) is 18.9 Å². The Morgan fingerprint density at radius 1 is 1.00 bits per heavy atom. The predicted molar refractivity (Wildman–Crippen MR) is 145 cm³/mol. The van der Waals surface area contributed by atoms with Crippen LogP contribution in [-0.4, -0.2) is 69.4 Å². The summed E-state index contributed by atoms with van der Waals surface area (Å²) in [5.41, 5.74) is 0.396. The molecule has 6 rings (SSSR count). The van der Waals surface area contributed by atoms with Crippen molar-refractivity contribution in [2.24, 2.45) is 17.3 Å². The second-order valence-electron chi connectivity index (χ2n) is 11.6. The molecule has 4 aliphatic carbocycles. The molecule has 1 aromatic carbocycles. The number of esters is 1. The number of rotatable bonds is 10. The van der Waals surface area contributed by atoms with Gasteiger partial charge in [0.25, 0.3) is 5.91 Å². The number of hydrogen-bond acceptors (Lipinski definition) is 8. The minimum atomic E-state index is -0.634. The molecular formula is C29H41N3O7. The smallest absolute Gasteiger partial charge is 0.312 e. The summed E-state index contributed by atoms with van der Waals surface area (Å²) in [6.45, 7) is 8.59. The van der Waals surface area contributed by atoms with Gasteiger partial charge in [0, 0.05) is 37.7 Å². The maximum atomic E-state index is 13.4. The number of carbonyl (C=O) groups is 3. The van der Waals surface area contributed by atoms with Crippen LogP contribution in [0, 0.1) is 17.3 Å². The molecule has 5 aliphatic rings. The summed E-state index contributed by atoms with van der Waals surface area (Å²) in [4.78, 5) is 40.5. The lowest BCUT2D eigenvalue weighted by atomic mass is 9.47. The van der Waals surface area contributed by atoms with Gasteiger partial charge in [0.15, 0.2) is 6.61 Å². The number of amides is 2. The van der Waals surface area contributed by atoms with E-state index in [1.165, 1.54) is 6.92 Å². The highest BCUT2D eigenvalue weighted by Gasteiger charge is 2.61. The van der Waals surface area contributed by atoms with Crippen LogP contribution >= 0.6 is 0 Å². The summed E-state index contributed by atoms with van der Waals surface area (Å²) in [7, 11) is 0. The Balaban J connectivity index is 1.27. The molecule has 2 N–H and O–H groups in total. The average molecular weight is 544 g/mol. The number of hydrogen-bond donors (Lipinski definition) is 2. The summed E-state index contributed by atoms with van der Waals surface area (Å²) >= 11 is 0. The summed E-state index contributed by atoms with van der Waals surface area (Å²) in [5, 5.41) is 6.03. The van der Waals surface area contributed by atoms with Gasteiger partial charge in [-0.05, 0) is 64.2 Å². The van der Waals surface area contributed by atoms with Crippen LogP contribution in [0.2, 0.25) is 0 Å². The lowest BCUT2D eigenvalue weighted by Crippen LogP contribution is -2.64. The number of carbonyl (C=O) groups excluding carboxylic acids is 3. The molecule has 1 aliphatic heterocycles. The van der Waals surface area contributed by atoms with Crippen molar-refractivity contribution in [1.82, 2.24) is 5.32 Å². The maximum Gasteiger partial charge on any atom is 0.312 e. The van der Waals surface area contributed by atoms with Crippen LogP contribution in [0.4, 0.5) is 11.4 Å². The van der Waals surface area contributed by atoms with Gasteiger partial charge in [-0.1, -0.05) is 0 Å². The second kappa shape index (κ2) is 11.2. The van der Waals surface area contributed by atoms with E-state index in [9.17, 15) is 14.4 Å². The molecule has 1 aromatic rings. The first-order valence-corrected chi connectivity index (χ1v) is 14.3. The van der Waals surface area contributed by atoms with Gasteiger partial charge in [-0.15, -0.1) is 0 Å². The van der Waals surface area contributed by atoms with Crippen LogP contribution in [0.1, 0.15) is 59.3 Å². The van der Waals surface area contributed by atoms with Crippen molar-refractivity contribution in [3.8, 4) is 11.5 Å². The fourth-order valence-corrected chi connectivity index (χ4v) is 7.74. The van der Waals surface area contributed by atoms with Crippen molar-refractivity contribution in [2.75, 3.05) is 56.3 Å². The molecule has 10 heteroatoms. The highest BCUT2D eigenvalue weighted by molar-refractivity contribution is 5.95. The van der Waals surface area contributed by atoms with Crippen molar-refractivity contribution < 1.29 is 33.3 Å². The van der Waals surface area contributed by atoms with Crippen molar-refractivity contribution in [3.05, 3.63) is 12.1 Å². The van der Waals surface area contributed by atoms with Gasteiger partial charge >= 0.3 is 5.97 Å². The van der Waals surface area contributed by atoms with Crippen LogP contribution in [0.25, 0.3) is 0 Å². The minimum absolute atomic E-state index is 0.0593. The van der Waals surface area contributed by atoms with E-state index >= 15 is 0 Å². The van der Waals surface area contributed by atoms with E-state index in [0.717, 1.165) is 50.9 Å². The van der Waals surface area contributed by atoms with Crippen LogP contribution in [0.3, 0.4) is 0 Å². The van der Waals surface area contributed by atoms with Crippen LogP contribution in [0.5, 0.6) is 11.5 Å². The summed E-state index contributed by atoms with van der Waals surface area (Å²) < 4.78 is 22.9. The lowest BCUT2D eigenvalue weighted by Gasteiger charge is -2.60. The quantitative estimate of drug-likeness (QED) is 0.432. The summed E-state index contributed by atoms with van der Waals surface area (Å²) in [5.74, 6) is 1.14. The van der Waals surface area contributed by atoms with E-state index < -0.39 is 11.3 Å². The van der Waals surface area contributed by atoms with Crippen molar-refractivity contribution in [1.29, 1.82) is 0 Å². The first kappa shape index (κ1) is 27.6. The lowest BCUT2D eigenvalue weighted by molar-refractivity contribution is -0.176. The third-order valence-electron chi connectivity index (χ3n) is 8.56. The van der Waals surface area contributed by atoms with Crippen LogP contribution in [0.15, 0.2) is 12.1 Å². The fraction of sp³-hybridized carbons (Fsp3) is 0.690. The molecule has 0 aromatic heterocycles. The van der Waals surface area contributed by atoms with E-state index in [-0.39, 0.29) is 24.0 Å². The molecule has 1 heterocycles. The Labute approximate surface area is 230 Å². The third kappa shape index (κ3) is 5.81. The largest absolute Gasteiger partial charge is 0.492 e. The number of anilines is 2. The van der Waals surface area contributed by atoms with E-state index in [0.29, 0.717) is 61.9 Å². The Kier molecular flexibility index (Phi) is 7.94. The highest BCUT2D eigenvalue weighted by atomic mass is 16.5. The number of morpholine rings is 1. The third-order valence-corrected chi connectivity index (χ3v) is 8.56. The Morgan fingerprint density at radius 2 is 1.67 bits per heavy atom. The molecule has 0 spiro atoms. The molecule has 4 saturated carbocycles. The van der Waals surface area contributed by atoms with Gasteiger partial charge in [0.2, 0.25) is 5.91 Å². The van der Waals surface area contributed by atoms with Crippen molar-refractivity contribution in [3.63, 3.8) is 0 Å². The fourth-order valence-electron chi connectivity index (χ4n) is 7.74. The number of benzene rings is 1. The summed E-state index contributed by atoms with van der Waals surface area (Å²) in [6, 6.07) is 3.66. The zero-order chi connectivity index (χ0) is 27.6.